The topological polar surface area (TPSA) is 88.3 Å². The monoisotopic (exact) mass is 374 g/mol. The normalized spacial score (nSPS) is 21.1. The van der Waals surface area contributed by atoms with Crippen molar-refractivity contribution in [3.63, 3.8) is 0 Å². The van der Waals surface area contributed by atoms with E-state index in [0.717, 1.165) is 24.3 Å². The van der Waals surface area contributed by atoms with E-state index in [-0.39, 0.29) is 17.6 Å². The van der Waals surface area contributed by atoms with Crippen molar-refractivity contribution < 1.29 is 14.0 Å². The molecule has 26 heavy (non-hydrogen) atoms. The summed E-state index contributed by atoms with van der Waals surface area (Å²) in [6.07, 6.45) is 8.97. The van der Waals surface area contributed by atoms with E-state index in [0.29, 0.717) is 24.0 Å². The number of aromatic nitrogens is 2. The Morgan fingerprint density at radius 3 is 2.77 bits per heavy atom. The average molecular weight is 374 g/mol. The Labute approximate surface area is 155 Å². The molecule has 2 aliphatic rings. The lowest BCUT2D eigenvalue weighted by molar-refractivity contribution is -0.119. The van der Waals surface area contributed by atoms with E-state index < -0.39 is 6.04 Å². The second-order valence-corrected chi connectivity index (χ2v) is 7.91. The molecule has 8 heteroatoms. The quantitative estimate of drug-likeness (QED) is 0.886. The minimum atomic E-state index is -0.491. The highest BCUT2D eigenvalue weighted by atomic mass is 32.1. The number of carbonyl (C=O) groups is 2. The standard InChI is InChI=1S/C18H22N4O3S/c23-15(13-8-4-10-22(13)17(24)14-9-5-11-25-14)19-18-21-20-16(26-18)12-6-2-1-3-7-12/h5,9,11-13H,1-4,6-8,10H2,(H,19,21,23)/t13-/m0/s1. The zero-order valence-corrected chi connectivity index (χ0v) is 15.3. The van der Waals surface area contributed by atoms with Crippen LogP contribution in [-0.2, 0) is 4.79 Å². The number of hydrogen-bond acceptors (Lipinski definition) is 6. The van der Waals surface area contributed by atoms with Crippen molar-refractivity contribution in [2.24, 2.45) is 0 Å². The molecule has 1 atom stereocenters. The first-order chi connectivity index (χ1) is 12.7. The Morgan fingerprint density at radius 1 is 1.15 bits per heavy atom. The zero-order chi connectivity index (χ0) is 17.9. The number of likely N-dealkylation sites (tertiary alicyclic amines) is 1. The van der Waals surface area contributed by atoms with E-state index in [4.69, 9.17) is 4.42 Å². The summed E-state index contributed by atoms with van der Waals surface area (Å²) < 4.78 is 5.18. The number of nitrogens with zero attached hydrogens (tertiary/aromatic N) is 3. The molecule has 1 saturated heterocycles. The molecular weight excluding hydrogens is 352 g/mol. The molecule has 0 aromatic carbocycles. The van der Waals surface area contributed by atoms with Crippen LogP contribution in [0.2, 0.25) is 0 Å². The second kappa shape index (κ2) is 7.57. The Kier molecular flexibility index (Phi) is 5.01. The minimum absolute atomic E-state index is 0.200. The van der Waals surface area contributed by atoms with Crippen LogP contribution in [-0.4, -0.2) is 39.5 Å². The molecule has 1 aliphatic carbocycles. The average Bonchev–Trinajstić information content (AvgIpc) is 3.42. The maximum absolute atomic E-state index is 12.7. The van der Waals surface area contributed by atoms with Crippen LogP contribution in [0.4, 0.5) is 5.13 Å². The molecule has 2 aromatic heterocycles. The van der Waals surface area contributed by atoms with Gasteiger partial charge in [0.1, 0.15) is 11.0 Å². The summed E-state index contributed by atoms with van der Waals surface area (Å²) >= 11 is 1.46. The molecule has 1 saturated carbocycles. The first-order valence-corrected chi connectivity index (χ1v) is 10.0. The van der Waals surface area contributed by atoms with Crippen molar-refractivity contribution in [3.8, 4) is 0 Å². The van der Waals surface area contributed by atoms with Gasteiger partial charge in [0.05, 0.1) is 6.26 Å². The number of furan rings is 1. The van der Waals surface area contributed by atoms with E-state index in [1.165, 1.54) is 36.9 Å². The van der Waals surface area contributed by atoms with Gasteiger partial charge in [0.25, 0.3) is 5.91 Å². The van der Waals surface area contributed by atoms with E-state index >= 15 is 0 Å². The summed E-state index contributed by atoms with van der Waals surface area (Å²) in [5, 5.41) is 12.8. The fraction of sp³-hybridized carbons (Fsp3) is 0.556. The predicted octanol–water partition coefficient (Wildman–Crippen LogP) is 3.42. The van der Waals surface area contributed by atoms with Crippen LogP contribution in [0.1, 0.15) is 66.4 Å². The van der Waals surface area contributed by atoms with Crippen LogP contribution in [0.5, 0.6) is 0 Å². The Hall–Kier alpha value is -2.22. The van der Waals surface area contributed by atoms with Crippen molar-refractivity contribution in [2.75, 3.05) is 11.9 Å². The smallest absolute Gasteiger partial charge is 0.290 e. The molecule has 0 unspecified atom stereocenters. The summed E-state index contributed by atoms with van der Waals surface area (Å²) in [7, 11) is 0. The molecule has 2 aromatic rings. The van der Waals surface area contributed by atoms with E-state index in [9.17, 15) is 9.59 Å². The molecule has 2 fully saturated rings. The molecular formula is C18H22N4O3S. The summed E-state index contributed by atoms with van der Waals surface area (Å²) in [6.45, 7) is 0.557. The number of carbonyl (C=O) groups excluding carboxylic acids is 2. The highest BCUT2D eigenvalue weighted by Crippen LogP contribution is 2.35. The van der Waals surface area contributed by atoms with Gasteiger partial charge in [-0.15, -0.1) is 10.2 Å². The molecule has 0 bridgehead atoms. The van der Waals surface area contributed by atoms with Crippen LogP contribution in [0, 0.1) is 0 Å². The van der Waals surface area contributed by atoms with Crippen LogP contribution in [0.25, 0.3) is 0 Å². The van der Waals surface area contributed by atoms with Gasteiger partial charge in [-0.1, -0.05) is 30.6 Å². The molecule has 2 amide bonds. The third-order valence-electron chi connectivity index (χ3n) is 5.17. The SMILES string of the molecule is O=C(Nc1nnc(C2CCCCC2)s1)[C@@H]1CCCN1C(=O)c1ccco1. The summed E-state index contributed by atoms with van der Waals surface area (Å²) in [4.78, 5) is 26.8. The van der Waals surface area contributed by atoms with Gasteiger partial charge >= 0.3 is 0 Å². The van der Waals surface area contributed by atoms with Gasteiger partial charge < -0.3 is 9.32 Å². The largest absolute Gasteiger partial charge is 0.459 e. The highest BCUT2D eigenvalue weighted by Gasteiger charge is 2.36. The Bertz CT molecular complexity index is 767. The summed E-state index contributed by atoms with van der Waals surface area (Å²) in [5.41, 5.74) is 0. The van der Waals surface area contributed by atoms with E-state index in [1.807, 2.05) is 0 Å². The van der Waals surface area contributed by atoms with Crippen molar-refractivity contribution in [2.45, 2.75) is 56.9 Å². The number of rotatable bonds is 4. The van der Waals surface area contributed by atoms with Gasteiger partial charge in [-0.05, 0) is 37.8 Å². The Balaban J connectivity index is 1.41. The minimum Gasteiger partial charge on any atom is -0.459 e. The third-order valence-corrected chi connectivity index (χ3v) is 6.17. The van der Waals surface area contributed by atoms with Crippen molar-refractivity contribution in [1.29, 1.82) is 0 Å². The van der Waals surface area contributed by atoms with E-state index in [1.54, 1.807) is 17.0 Å². The molecule has 1 N–H and O–H groups in total. The van der Waals surface area contributed by atoms with Crippen LogP contribution in [0.15, 0.2) is 22.8 Å². The zero-order valence-electron chi connectivity index (χ0n) is 14.5. The first kappa shape index (κ1) is 17.2. The fourth-order valence-electron chi connectivity index (χ4n) is 3.81. The van der Waals surface area contributed by atoms with E-state index in [2.05, 4.69) is 15.5 Å². The molecule has 3 heterocycles. The highest BCUT2D eigenvalue weighted by molar-refractivity contribution is 7.15. The molecule has 0 radical (unpaired) electrons. The van der Waals surface area contributed by atoms with Gasteiger partial charge in [0.15, 0.2) is 5.76 Å². The second-order valence-electron chi connectivity index (χ2n) is 6.90. The summed E-state index contributed by atoms with van der Waals surface area (Å²) in [5.74, 6) is 0.289. The number of amides is 2. The number of anilines is 1. The number of hydrogen-bond donors (Lipinski definition) is 1. The maximum atomic E-state index is 12.7. The lowest BCUT2D eigenvalue weighted by atomic mass is 9.90. The van der Waals surface area contributed by atoms with Crippen LogP contribution in [0.3, 0.4) is 0 Å². The van der Waals surface area contributed by atoms with Gasteiger partial charge in [-0.3, -0.25) is 14.9 Å². The van der Waals surface area contributed by atoms with Crippen molar-refractivity contribution in [1.82, 2.24) is 15.1 Å². The van der Waals surface area contributed by atoms with Crippen molar-refractivity contribution >= 4 is 28.3 Å². The molecule has 1 aliphatic heterocycles. The summed E-state index contributed by atoms with van der Waals surface area (Å²) in [6, 6.07) is 2.80. The van der Waals surface area contributed by atoms with Gasteiger partial charge in [0, 0.05) is 12.5 Å². The van der Waals surface area contributed by atoms with Crippen molar-refractivity contribution in [3.05, 3.63) is 29.2 Å². The molecule has 0 spiro atoms. The first-order valence-electron chi connectivity index (χ1n) is 9.21. The molecule has 7 nitrogen and oxygen atoms in total. The third kappa shape index (κ3) is 3.51. The lowest BCUT2D eigenvalue weighted by Gasteiger charge is -2.22. The Morgan fingerprint density at radius 2 is 2.00 bits per heavy atom. The predicted molar refractivity (Wildman–Crippen MR) is 97.1 cm³/mol. The van der Waals surface area contributed by atoms with Gasteiger partial charge in [-0.2, -0.15) is 0 Å². The van der Waals surface area contributed by atoms with Gasteiger partial charge in [-0.25, -0.2) is 0 Å². The fourth-order valence-corrected chi connectivity index (χ4v) is 4.73. The van der Waals surface area contributed by atoms with Crippen LogP contribution >= 0.6 is 11.3 Å². The van der Waals surface area contributed by atoms with Gasteiger partial charge in [0.2, 0.25) is 11.0 Å². The molecule has 138 valence electrons. The number of nitrogens with one attached hydrogen (secondary N) is 1. The maximum Gasteiger partial charge on any atom is 0.290 e. The molecule has 4 rings (SSSR count). The van der Waals surface area contributed by atoms with Crippen LogP contribution < -0.4 is 5.32 Å². The lowest BCUT2D eigenvalue weighted by Crippen LogP contribution is -2.43.